The van der Waals surface area contributed by atoms with E-state index < -0.39 is 0 Å². The Balaban J connectivity index is 1.05. The fourth-order valence-corrected chi connectivity index (χ4v) is 8.14. The van der Waals surface area contributed by atoms with Crippen LogP contribution in [0.2, 0.25) is 0 Å². The molecule has 0 spiro atoms. The first-order valence-electron chi connectivity index (χ1n) is 19.2. The third-order valence-electron chi connectivity index (χ3n) is 10.9. The lowest BCUT2D eigenvalue weighted by molar-refractivity contribution is 0.669. The maximum Gasteiger partial charge on any atom is 0.164 e. The number of nitrogens with zero attached hydrogens (tertiary/aromatic N) is 3. The number of hydrogen-bond donors (Lipinski definition) is 0. The Morgan fingerprint density at radius 1 is 0.281 bits per heavy atom. The van der Waals surface area contributed by atoms with E-state index in [0.717, 1.165) is 71.7 Å². The quantitative estimate of drug-likeness (QED) is 0.171. The molecule has 4 heteroatoms. The molecule has 0 N–H and O–H groups in total. The monoisotopic (exact) mass is 727 g/mol. The largest absolute Gasteiger partial charge is 0.456 e. The summed E-state index contributed by atoms with van der Waals surface area (Å²) in [6, 6.07) is 69.9. The van der Waals surface area contributed by atoms with Crippen LogP contribution in [0.5, 0.6) is 0 Å². The molecule has 57 heavy (non-hydrogen) atoms. The Bertz CT molecular complexity index is 3270. The number of aromatic nitrogens is 3. The molecule has 0 bridgehead atoms. The molecule has 11 rings (SSSR count). The zero-order valence-electron chi connectivity index (χ0n) is 30.8. The van der Waals surface area contributed by atoms with Gasteiger partial charge in [0.15, 0.2) is 17.5 Å². The molecule has 2 aromatic heterocycles. The highest BCUT2D eigenvalue weighted by Crippen LogP contribution is 2.40. The van der Waals surface area contributed by atoms with Gasteiger partial charge in [-0.15, -0.1) is 0 Å². The van der Waals surface area contributed by atoms with Crippen LogP contribution < -0.4 is 0 Å². The average Bonchev–Trinajstić information content (AvgIpc) is 3.67. The van der Waals surface area contributed by atoms with Crippen molar-refractivity contribution in [2.45, 2.75) is 0 Å². The molecule has 9 aromatic carbocycles. The molecule has 0 amide bonds. The minimum atomic E-state index is 0.618. The van der Waals surface area contributed by atoms with Crippen molar-refractivity contribution in [1.29, 1.82) is 0 Å². The molecular formula is C53H33N3O. The van der Waals surface area contributed by atoms with Gasteiger partial charge < -0.3 is 4.42 Å². The van der Waals surface area contributed by atoms with E-state index in [-0.39, 0.29) is 0 Å². The number of fused-ring (bicyclic) bond motifs is 5. The van der Waals surface area contributed by atoms with E-state index in [9.17, 15) is 0 Å². The van der Waals surface area contributed by atoms with Gasteiger partial charge in [-0.05, 0) is 85.3 Å². The van der Waals surface area contributed by atoms with Gasteiger partial charge in [-0.2, -0.15) is 0 Å². The van der Waals surface area contributed by atoms with Gasteiger partial charge in [0.1, 0.15) is 11.2 Å². The molecule has 0 aliphatic carbocycles. The topological polar surface area (TPSA) is 51.8 Å². The molecule has 0 saturated carbocycles. The van der Waals surface area contributed by atoms with Crippen LogP contribution >= 0.6 is 0 Å². The summed E-state index contributed by atoms with van der Waals surface area (Å²) in [5.41, 5.74) is 11.3. The zero-order chi connectivity index (χ0) is 37.7. The number of hydrogen-bond acceptors (Lipinski definition) is 4. The molecule has 266 valence electrons. The van der Waals surface area contributed by atoms with Crippen molar-refractivity contribution < 1.29 is 4.42 Å². The summed E-state index contributed by atoms with van der Waals surface area (Å²) in [6.07, 6.45) is 0. The fourth-order valence-electron chi connectivity index (χ4n) is 8.14. The third-order valence-corrected chi connectivity index (χ3v) is 10.9. The first-order valence-corrected chi connectivity index (χ1v) is 19.2. The van der Waals surface area contributed by atoms with Crippen molar-refractivity contribution in [1.82, 2.24) is 15.0 Å². The second kappa shape index (κ2) is 13.6. The van der Waals surface area contributed by atoms with E-state index in [1.807, 2.05) is 36.4 Å². The predicted octanol–water partition coefficient (Wildman–Crippen LogP) is 14.1. The van der Waals surface area contributed by atoms with Gasteiger partial charge in [-0.3, -0.25) is 0 Å². The Morgan fingerprint density at radius 2 is 0.825 bits per heavy atom. The van der Waals surface area contributed by atoms with E-state index in [2.05, 4.69) is 164 Å². The first-order chi connectivity index (χ1) is 28.2. The molecule has 0 aliphatic heterocycles. The summed E-state index contributed by atoms with van der Waals surface area (Å²) in [4.78, 5) is 15.4. The second-order valence-electron chi connectivity index (χ2n) is 14.4. The highest BCUT2D eigenvalue weighted by atomic mass is 16.3. The van der Waals surface area contributed by atoms with Crippen molar-refractivity contribution in [2.75, 3.05) is 0 Å². The van der Waals surface area contributed by atoms with Crippen LogP contribution in [0.3, 0.4) is 0 Å². The van der Waals surface area contributed by atoms with Gasteiger partial charge in [-0.25, -0.2) is 15.0 Å². The maximum atomic E-state index is 6.53. The fraction of sp³-hybridized carbons (Fsp3) is 0. The SMILES string of the molecule is c1ccc(-c2nc(-c3ccc(-c4cccc5ccccc45)cc3)nc(-c3cc(-c4ccc5c(c4)oc4cccc(-c6ccccc6)c45)cc4ccccc34)n2)cc1. The summed E-state index contributed by atoms with van der Waals surface area (Å²) in [5, 5.41) is 6.84. The summed E-state index contributed by atoms with van der Waals surface area (Å²) < 4.78 is 6.53. The van der Waals surface area contributed by atoms with Crippen LogP contribution in [0.25, 0.3) is 111 Å². The van der Waals surface area contributed by atoms with Crippen molar-refractivity contribution in [2.24, 2.45) is 0 Å². The molecule has 0 saturated heterocycles. The maximum absolute atomic E-state index is 6.53. The van der Waals surface area contributed by atoms with Crippen LogP contribution in [0.4, 0.5) is 0 Å². The molecular weight excluding hydrogens is 695 g/mol. The molecule has 2 heterocycles. The normalized spacial score (nSPS) is 11.5. The van der Waals surface area contributed by atoms with Crippen molar-refractivity contribution >= 4 is 43.5 Å². The standard InChI is InChI=1S/C53H33N3O/c1-3-13-35(14-4-1)45-23-12-24-48-50(45)46-30-29-39(33-49(46)57-48)41-31-40-18-8-10-21-44(40)47(32-41)53-55-51(37-16-5-2-6-17-37)54-52(56-53)38-27-25-36(26-28-38)43-22-11-19-34-15-7-9-20-42(34)43/h1-33H. The number of rotatable bonds is 6. The lowest BCUT2D eigenvalue weighted by atomic mass is 9.95. The van der Waals surface area contributed by atoms with Gasteiger partial charge in [-0.1, -0.05) is 170 Å². The van der Waals surface area contributed by atoms with Crippen LogP contribution in [-0.4, -0.2) is 15.0 Å². The van der Waals surface area contributed by atoms with Gasteiger partial charge in [0.05, 0.1) is 0 Å². The molecule has 4 nitrogen and oxygen atoms in total. The highest BCUT2D eigenvalue weighted by molar-refractivity contribution is 6.13. The van der Waals surface area contributed by atoms with Crippen LogP contribution in [-0.2, 0) is 0 Å². The van der Waals surface area contributed by atoms with E-state index in [0.29, 0.717) is 17.5 Å². The first kappa shape index (κ1) is 32.7. The molecule has 0 unspecified atom stereocenters. The predicted molar refractivity (Wildman–Crippen MR) is 235 cm³/mol. The summed E-state index contributed by atoms with van der Waals surface area (Å²) in [5.74, 6) is 1.87. The smallest absolute Gasteiger partial charge is 0.164 e. The summed E-state index contributed by atoms with van der Waals surface area (Å²) >= 11 is 0. The van der Waals surface area contributed by atoms with Crippen LogP contribution in [0.15, 0.2) is 205 Å². The Hall–Kier alpha value is -7.69. The average molecular weight is 728 g/mol. The minimum absolute atomic E-state index is 0.618. The Labute approximate surface area is 329 Å². The van der Waals surface area contributed by atoms with Gasteiger partial charge in [0.2, 0.25) is 0 Å². The lowest BCUT2D eigenvalue weighted by Crippen LogP contribution is -2.01. The van der Waals surface area contributed by atoms with E-state index in [1.54, 1.807) is 0 Å². The van der Waals surface area contributed by atoms with E-state index in [4.69, 9.17) is 19.4 Å². The van der Waals surface area contributed by atoms with Crippen molar-refractivity contribution in [3.05, 3.63) is 200 Å². The minimum Gasteiger partial charge on any atom is -0.456 e. The van der Waals surface area contributed by atoms with Crippen LogP contribution in [0, 0.1) is 0 Å². The summed E-state index contributed by atoms with van der Waals surface area (Å²) in [7, 11) is 0. The Morgan fingerprint density at radius 3 is 1.60 bits per heavy atom. The summed E-state index contributed by atoms with van der Waals surface area (Å²) in [6.45, 7) is 0. The molecule has 0 radical (unpaired) electrons. The second-order valence-corrected chi connectivity index (χ2v) is 14.4. The number of furan rings is 1. The lowest BCUT2D eigenvalue weighted by Gasteiger charge is -2.13. The van der Waals surface area contributed by atoms with E-state index >= 15 is 0 Å². The molecule has 0 aliphatic rings. The van der Waals surface area contributed by atoms with E-state index in [1.165, 1.54) is 21.9 Å². The van der Waals surface area contributed by atoms with Crippen LogP contribution in [0.1, 0.15) is 0 Å². The van der Waals surface area contributed by atoms with Gasteiger partial charge in [0, 0.05) is 27.5 Å². The van der Waals surface area contributed by atoms with Crippen molar-refractivity contribution in [3.63, 3.8) is 0 Å². The Kier molecular flexibility index (Phi) is 7.78. The van der Waals surface area contributed by atoms with Crippen molar-refractivity contribution in [3.8, 4) is 67.5 Å². The molecule has 11 aromatic rings. The number of benzene rings is 9. The third kappa shape index (κ3) is 5.83. The molecule has 0 fully saturated rings. The van der Waals surface area contributed by atoms with Gasteiger partial charge >= 0.3 is 0 Å². The van der Waals surface area contributed by atoms with Gasteiger partial charge in [0.25, 0.3) is 0 Å². The molecule has 0 atom stereocenters. The highest BCUT2D eigenvalue weighted by Gasteiger charge is 2.18. The zero-order valence-corrected chi connectivity index (χ0v) is 30.8.